The number of nitrogens with zero attached hydrogens (tertiary/aromatic N) is 1. The molecule has 0 aromatic rings. The smallest absolute Gasteiger partial charge is 0.233 e. The van der Waals surface area contributed by atoms with E-state index < -0.39 is 0 Å². The lowest BCUT2D eigenvalue weighted by molar-refractivity contribution is -0.144. The minimum absolute atomic E-state index is 0.0485. The normalized spacial score (nSPS) is 29.1. The molecule has 0 radical (unpaired) electrons. The summed E-state index contributed by atoms with van der Waals surface area (Å²) < 4.78 is 6.10. The fourth-order valence-corrected chi connectivity index (χ4v) is 6.18. The summed E-state index contributed by atoms with van der Waals surface area (Å²) in [4.78, 5) is 27.9. The number of ether oxygens (including phenoxy) is 1. The van der Waals surface area contributed by atoms with Crippen LogP contribution in [0.3, 0.4) is 0 Å². The summed E-state index contributed by atoms with van der Waals surface area (Å²) in [6, 6.07) is 0.0485. The molecule has 4 aliphatic rings. The third-order valence-corrected chi connectivity index (χ3v) is 8.00. The lowest BCUT2D eigenvalue weighted by Gasteiger charge is -2.34. The highest BCUT2D eigenvalue weighted by Crippen LogP contribution is 2.46. The molecule has 2 aliphatic heterocycles. The van der Waals surface area contributed by atoms with Crippen molar-refractivity contribution < 1.29 is 14.3 Å². The number of hydrogen-bond donors (Lipinski definition) is 1. The van der Waals surface area contributed by atoms with Gasteiger partial charge < -0.3 is 10.1 Å². The van der Waals surface area contributed by atoms with Crippen molar-refractivity contribution in [2.75, 3.05) is 13.1 Å². The van der Waals surface area contributed by atoms with Crippen LogP contribution >= 0.6 is 0 Å². The van der Waals surface area contributed by atoms with Gasteiger partial charge in [-0.3, -0.25) is 14.5 Å². The Bertz CT molecular complexity index is 972. The van der Waals surface area contributed by atoms with Crippen molar-refractivity contribution in [3.05, 3.63) is 36.1 Å². The second-order valence-corrected chi connectivity index (χ2v) is 11.0. The van der Waals surface area contributed by atoms with Gasteiger partial charge in [0.1, 0.15) is 5.76 Å². The fourth-order valence-electron chi connectivity index (χ4n) is 6.18. The van der Waals surface area contributed by atoms with E-state index >= 15 is 0 Å². The highest BCUT2D eigenvalue weighted by atomic mass is 16.5. The van der Waals surface area contributed by atoms with Crippen molar-refractivity contribution in [1.82, 2.24) is 10.2 Å². The Balaban J connectivity index is 0.000000460. The number of rotatable bonds is 5. The second-order valence-electron chi connectivity index (χ2n) is 11.0. The molecule has 2 saturated heterocycles. The number of carbonyl (C=O) groups excluding carboxylic acids is 2. The number of fused-ring (bicyclic) bond motifs is 2. The fraction of sp³-hybridized carbons (Fsp3) is 0.647. The van der Waals surface area contributed by atoms with Crippen molar-refractivity contribution in [3.63, 3.8) is 0 Å². The zero-order chi connectivity index (χ0) is 28.9. The highest BCUT2D eigenvalue weighted by molar-refractivity contribution is 6.05. The Hall–Kier alpha value is -2.76. The van der Waals surface area contributed by atoms with Crippen molar-refractivity contribution in [2.24, 2.45) is 29.6 Å². The molecule has 5 heteroatoms. The first-order valence-electron chi connectivity index (χ1n) is 14.8. The van der Waals surface area contributed by atoms with Crippen molar-refractivity contribution in [1.29, 1.82) is 0 Å². The Morgan fingerprint density at radius 3 is 1.90 bits per heavy atom. The van der Waals surface area contributed by atoms with E-state index in [1.54, 1.807) is 11.0 Å². The van der Waals surface area contributed by atoms with Crippen LogP contribution in [-0.4, -0.2) is 41.9 Å². The van der Waals surface area contributed by atoms with E-state index in [1.807, 2.05) is 60.6 Å². The lowest BCUT2D eigenvalue weighted by Crippen LogP contribution is -2.43. The molecule has 2 aliphatic carbocycles. The van der Waals surface area contributed by atoms with Gasteiger partial charge in [0.15, 0.2) is 0 Å². The Kier molecular flexibility index (Phi) is 13.6. The zero-order valence-corrected chi connectivity index (χ0v) is 25.3. The molecule has 4 fully saturated rings. The lowest BCUT2D eigenvalue weighted by atomic mass is 9.70. The van der Waals surface area contributed by atoms with Gasteiger partial charge in [-0.25, -0.2) is 0 Å². The summed E-state index contributed by atoms with van der Waals surface area (Å²) in [6.45, 7) is 19.6. The Morgan fingerprint density at radius 1 is 0.949 bits per heavy atom. The van der Waals surface area contributed by atoms with Crippen molar-refractivity contribution in [2.45, 2.75) is 99.1 Å². The molecule has 5 nitrogen and oxygen atoms in total. The van der Waals surface area contributed by atoms with E-state index in [0.29, 0.717) is 11.8 Å². The molecule has 0 aromatic heterocycles. The van der Waals surface area contributed by atoms with Crippen LogP contribution in [0.4, 0.5) is 0 Å². The number of nitrogens with one attached hydrogen (secondary N) is 1. The molecule has 2 amide bonds. The van der Waals surface area contributed by atoms with E-state index in [0.717, 1.165) is 57.4 Å². The average Bonchev–Trinajstić information content (AvgIpc) is 3.49. The summed E-state index contributed by atoms with van der Waals surface area (Å²) in [5, 5.41) is 3.43. The predicted octanol–water partition coefficient (Wildman–Crippen LogP) is 6.28. The van der Waals surface area contributed by atoms with Crippen LogP contribution in [0.25, 0.3) is 0 Å². The first-order chi connectivity index (χ1) is 18.8. The molecule has 2 saturated carbocycles. The van der Waals surface area contributed by atoms with Gasteiger partial charge in [0.2, 0.25) is 11.8 Å². The minimum Gasteiger partial charge on any atom is -0.490 e. The largest absolute Gasteiger partial charge is 0.490 e. The number of amides is 2. The van der Waals surface area contributed by atoms with Gasteiger partial charge >= 0.3 is 0 Å². The molecule has 214 valence electrons. The van der Waals surface area contributed by atoms with Crippen LogP contribution in [-0.2, 0) is 14.3 Å². The summed E-state index contributed by atoms with van der Waals surface area (Å²) >= 11 is 0. The van der Waals surface area contributed by atoms with Gasteiger partial charge in [-0.1, -0.05) is 43.9 Å². The third kappa shape index (κ3) is 8.87. The van der Waals surface area contributed by atoms with E-state index in [4.69, 9.17) is 4.74 Å². The average molecular weight is 535 g/mol. The molecular weight excluding hydrogens is 484 g/mol. The van der Waals surface area contributed by atoms with Crippen molar-refractivity contribution in [3.8, 4) is 23.7 Å². The molecule has 1 N–H and O–H groups in total. The summed E-state index contributed by atoms with van der Waals surface area (Å²) in [5.41, 5.74) is 1.21. The van der Waals surface area contributed by atoms with Gasteiger partial charge in [0.05, 0.1) is 23.9 Å². The van der Waals surface area contributed by atoms with Gasteiger partial charge in [0.25, 0.3) is 0 Å². The maximum Gasteiger partial charge on any atom is 0.233 e. The van der Waals surface area contributed by atoms with E-state index in [1.165, 1.54) is 5.57 Å². The molecule has 4 atom stereocenters. The SMILES string of the molecule is C=C/C(=C\C=C(C)C)OC1CCC(N2C(=O)C3CC4CNCC4CC3C2=O)CC1.CC.CC#CC(C)C#CC. The summed E-state index contributed by atoms with van der Waals surface area (Å²) in [6.07, 6.45) is 11.0. The van der Waals surface area contributed by atoms with Gasteiger partial charge in [0, 0.05) is 6.04 Å². The number of hydrogen-bond acceptors (Lipinski definition) is 4. The van der Waals surface area contributed by atoms with Gasteiger partial charge in [-0.05, 0) is 110 Å². The monoisotopic (exact) mass is 534 g/mol. The second kappa shape index (κ2) is 16.4. The molecule has 2 heterocycles. The molecule has 0 aromatic carbocycles. The molecule has 39 heavy (non-hydrogen) atoms. The third-order valence-electron chi connectivity index (χ3n) is 8.00. The standard InChI is InChI=1S/C24H34N2O3.C8H10.C2H6/c1-4-19(8-5-15(2)3)29-20-9-6-18(7-10-20)26-23(27)21-11-16-13-25-14-17(16)12-22(21)24(26)28;1-4-6-8(3)7-5-2;1-2/h4-5,8,16-18,20-22,25H,1,6-7,9-14H2,2-3H3;8H,1-3H3;1-2H3/b19-8+;;. The molecule has 4 rings (SSSR count). The zero-order valence-electron chi connectivity index (χ0n) is 25.3. The number of likely N-dealkylation sites (tertiary alicyclic amines) is 1. The highest BCUT2D eigenvalue weighted by Gasteiger charge is 2.54. The van der Waals surface area contributed by atoms with Crippen LogP contribution in [0.15, 0.2) is 36.1 Å². The Morgan fingerprint density at radius 2 is 1.46 bits per heavy atom. The topological polar surface area (TPSA) is 58.6 Å². The van der Waals surface area contributed by atoms with E-state index in [-0.39, 0.29) is 41.7 Å². The van der Waals surface area contributed by atoms with Crippen LogP contribution < -0.4 is 5.32 Å². The molecule has 0 spiro atoms. The molecule has 0 bridgehead atoms. The first kappa shape index (κ1) is 32.5. The minimum atomic E-state index is -0.0722. The van der Waals surface area contributed by atoms with E-state index in [2.05, 4.69) is 35.6 Å². The molecule has 4 unspecified atom stereocenters. The summed E-state index contributed by atoms with van der Waals surface area (Å²) in [7, 11) is 0. The van der Waals surface area contributed by atoms with E-state index in [9.17, 15) is 9.59 Å². The van der Waals surface area contributed by atoms with Crippen LogP contribution in [0.2, 0.25) is 0 Å². The number of allylic oxidation sites excluding steroid dienone is 4. The van der Waals surface area contributed by atoms with Gasteiger partial charge in [-0.2, -0.15) is 0 Å². The van der Waals surface area contributed by atoms with Gasteiger partial charge in [-0.15, -0.1) is 11.8 Å². The van der Waals surface area contributed by atoms with Crippen LogP contribution in [0, 0.1) is 53.3 Å². The van der Waals surface area contributed by atoms with Crippen LogP contribution in [0.5, 0.6) is 0 Å². The van der Waals surface area contributed by atoms with Crippen LogP contribution in [0.1, 0.15) is 87.0 Å². The first-order valence-corrected chi connectivity index (χ1v) is 14.8. The molecular formula is C34H50N2O3. The van der Waals surface area contributed by atoms with Crippen molar-refractivity contribution >= 4 is 11.8 Å². The number of imide groups is 1. The maximum absolute atomic E-state index is 13.1. The number of carbonyl (C=O) groups is 2. The maximum atomic E-state index is 13.1. The quantitative estimate of drug-likeness (QED) is 0.195. The Labute approximate surface area is 237 Å². The predicted molar refractivity (Wildman–Crippen MR) is 160 cm³/mol. The summed E-state index contributed by atoms with van der Waals surface area (Å²) in [5.74, 6) is 13.7.